The molecular weight excluding hydrogens is 242 g/mol. The zero-order valence-corrected chi connectivity index (χ0v) is 12.8. The minimum absolute atomic E-state index is 0.532. The Morgan fingerprint density at radius 3 is 2.79 bits per heavy atom. The number of ether oxygens (including phenoxy) is 1. The highest BCUT2D eigenvalue weighted by molar-refractivity contribution is 5.79. The third kappa shape index (κ3) is 6.22. The topological polar surface area (TPSA) is 52.1 Å². The summed E-state index contributed by atoms with van der Waals surface area (Å²) in [5.41, 5.74) is 0. The van der Waals surface area contributed by atoms with Crippen LogP contribution in [0.4, 0.5) is 0 Å². The summed E-state index contributed by atoms with van der Waals surface area (Å²) in [6, 6.07) is 0.532. The molecule has 0 amide bonds. The number of nitrogens with one attached hydrogen (secondary N) is 2. The molecule has 0 spiro atoms. The largest absolute Gasteiger partial charge is 0.380 e. The number of hydrogen-bond donors (Lipinski definition) is 2. The van der Waals surface area contributed by atoms with Crippen molar-refractivity contribution in [1.29, 1.82) is 0 Å². The van der Waals surface area contributed by atoms with Crippen LogP contribution in [0.25, 0.3) is 0 Å². The van der Waals surface area contributed by atoms with E-state index in [2.05, 4.69) is 39.5 Å². The quantitative estimate of drug-likeness (QED) is 0.385. The molecule has 0 aromatic heterocycles. The number of guanidine groups is 1. The third-order valence-electron chi connectivity index (χ3n) is 3.45. The summed E-state index contributed by atoms with van der Waals surface area (Å²) >= 11 is 0. The molecular formula is C13H29N5O. The summed E-state index contributed by atoms with van der Waals surface area (Å²) in [5, 5.41) is 6.63. The Morgan fingerprint density at radius 1 is 1.32 bits per heavy atom. The summed E-state index contributed by atoms with van der Waals surface area (Å²) in [6.45, 7) is 8.54. The van der Waals surface area contributed by atoms with Gasteiger partial charge in [0.05, 0.1) is 6.61 Å². The number of likely N-dealkylation sites (N-methyl/N-ethyl adjacent to an activating group) is 2. The van der Waals surface area contributed by atoms with Crippen LogP contribution in [0.5, 0.6) is 0 Å². The highest BCUT2D eigenvalue weighted by atomic mass is 16.5. The summed E-state index contributed by atoms with van der Waals surface area (Å²) < 4.78 is 5.29. The van der Waals surface area contributed by atoms with Crippen LogP contribution in [0.15, 0.2) is 4.99 Å². The van der Waals surface area contributed by atoms with E-state index in [9.17, 15) is 0 Å². The molecule has 1 aliphatic heterocycles. The molecule has 112 valence electrons. The monoisotopic (exact) mass is 271 g/mol. The Kier molecular flexibility index (Phi) is 7.78. The second-order valence-electron chi connectivity index (χ2n) is 4.97. The smallest absolute Gasteiger partial charge is 0.191 e. The zero-order valence-electron chi connectivity index (χ0n) is 12.8. The van der Waals surface area contributed by atoms with Crippen molar-refractivity contribution in [2.24, 2.45) is 4.99 Å². The van der Waals surface area contributed by atoms with Crippen LogP contribution >= 0.6 is 0 Å². The molecule has 1 aliphatic rings. The zero-order chi connectivity index (χ0) is 14.1. The Morgan fingerprint density at radius 2 is 2.11 bits per heavy atom. The molecule has 6 nitrogen and oxygen atoms in total. The van der Waals surface area contributed by atoms with Crippen molar-refractivity contribution in [1.82, 2.24) is 20.4 Å². The van der Waals surface area contributed by atoms with E-state index in [1.165, 1.54) is 0 Å². The van der Waals surface area contributed by atoms with Gasteiger partial charge in [0, 0.05) is 52.4 Å². The van der Waals surface area contributed by atoms with Crippen molar-refractivity contribution in [3.8, 4) is 0 Å². The highest BCUT2D eigenvalue weighted by Crippen LogP contribution is 2.04. The minimum atomic E-state index is 0.532. The van der Waals surface area contributed by atoms with Crippen molar-refractivity contribution in [3.63, 3.8) is 0 Å². The molecule has 0 radical (unpaired) electrons. The van der Waals surface area contributed by atoms with E-state index >= 15 is 0 Å². The van der Waals surface area contributed by atoms with Gasteiger partial charge in [0.2, 0.25) is 0 Å². The predicted molar refractivity (Wildman–Crippen MR) is 79.8 cm³/mol. The first-order valence-corrected chi connectivity index (χ1v) is 7.08. The maximum atomic E-state index is 5.29. The van der Waals surface area contributed by atoms with E-state index in [4.69, 9.17) is 4.74 Å². The lowest BCUT2D eigenvalue weighted by atomic mass is 10.2. The maximum absolute atomic E-state index is 5.29. The molecule has 1 heterocycles. The molecule has 1 atom stereocenters. The van der Waals surface area contributed by atoms with Crippen molar-refractivity contribution >= 4 is 5.96 Å². The first-order chi connectivity index (χ1) is 9.17. The van der Waals surface area contributed by atoms with Gasteiger partial charge in [-0.3, -0.25) is 9.89 Å². The standard InChI is InChI=1S/C13H29N5O/c1-5-19-9-6-15-13(14-2)16-10-12-11-17(3)7-8-18(12)4/h12H,5-11H2,1-4H3,(H2,14,15,16). The van der Waals surface area contributed by atoms with Gasteiger partial charge in [-0.15, -0.1) is 0 Å². The number of rotatable bonds is 6. The summed E-state index contributed by atoms with van der Waals surface area (Å²) in [6.07, 6.45) is 0. The van der Waals surface area contributed by atoms with Crippen LogP contribution in [0.1, 0.15) is 6.92 Å². The molecule has 19 heavy (non-hydrogen) atoms. The van der Waals surface area contributed by atoms with Crippen LogP contribution in [0.3, 0.4) is 0 Å². The third-order valence-corrected chi connectivity index (χ3v) is 3.45. The van der Waals surface area contributed by atoms with Crippen molar-refractivity contribution in [2.75, 3.05) is 67.1 Å². The van der Waals surface area contributed by atoms with Gasteiger partial charge in [0.1, 0.15) is 0 Å². The first-order valence-electron chi connectivity index (χ1n) is 7.08. The van der Waals surface area contributed by atoms with Gasteiger partial charge < -0.3 is 20.3 Å². The Labute approximate surface area is 117 Å². The van der Waals surface area contributed by atoms with Crippen LogP contribution in [0.2, 0.25) is 0 Å². The fraction of sp³-hybridized carbons (Fsp3) is 0.923. The number of hydrogen-bond acceptors (Lipinski definition) is 4. The second kappa shape index (κ2) is 9.12. The van der Waals surface area contributed by atoms with Gasteiger partial charge in [0.15, 0.2) is 5.96 Å². The molecule has 0 aromatic carbocycles. The molecule has 1 saturated heterocycles. The van der Waals surface area contributed by atoms with E-state index in [1.807, 2.05) is 6.92 Å². The fourth-order valence-electron chi connectivity index (χ4n) is 2.14. The second-order valence-corrected chi connectivity index (χ2v) is 4.97. The van der Waals surface area contributed by atoms with E-state index in [-0.39, 0.29) is 0 Å². The minimum Gasteiger partial charge on any atom is -0.380 e. The van der Waals surface area contributed by atoms with E-state index in [1.54, 1.807) is 7.05 Å². The van der Waals surface area contributed by atoms with Gasteiger partial charge in [-0.05, 0) is 21.0 Å². The lowest BCUT2D eigenvalue weighted by Gasteiger charge is -2.37. The summed E-state index contributed by atoms with van der Waals surface area (Å²) in [7, 11) is 6.16. The van der Waals surface area contributed by atoms with Crippen molar-refractivity contribution in [2.45, 2.75) is 13.0 Å². The van der Waals surface area contributed by atoms with Gasteiger partial charge in [-0.2, -0.15) is 0 Å². The average Bonchev–Trinajstić information content (AvgIpc) is 2.41. The van der Waals surface area contributed by atoms with Crippen LogP contribution in [0, 0.1) is 0 Å². The van der Waals surface area contributed by atoms with Gasteiger partial charge in [-0.1, -0.05) is 0 Å². The average molecular weight is 271 g/mol. The van der Waals surface area contributed by atoms with Crippen molar-refractivity contribution in [3.05, 3.63) is 0 Å². The lowest BCUT2D eigenvalue weighted by Crippen LogP contribution is -2.55. The molecule has 0 bridgehead atoms. The SMILES string of the molecule is CCOCCNC(=NC)NCC1CN(C)CCN1C. The number of aliphatic imine (C=N–C) groups is 1. The molecule has 0 aliphatic carbocycles. The van der Waals surface area contributed by atoms with Crippen LogP contribution in [-0.4, -0.2) is 88.9 Å². The number of nitrogens with zero attached hydrogens (tertiary/aromatic N) is 3. The fourth-order valence-corrected chi connectivity index (χ4v) is 2.14. The highest BCUT2D eigenvalue weighted by Gasteiger charge is 2.21. The Hall–Kier alpha value is -0.850. The van der Waals surface area contributed by atoms with Crippen LogP contribution < -0.4 is 10.6 Å². The molecule has 6 heteroatoms. The molecule has 0 saturated carbocycles. The Bertz CT molecular complexity index is 272. The van der Waals surface area contributed by atoms with Gasteiger partial charge in [-0.25, -0.2) is 0 Å². The van der Waals surface area contributed by atoms with Crippen LogP contribution in [-0.2, 0) is 4.74 Å². The van der Waals surface area contributed by atoms with Crippen molar-refractivity contribution < 1.29 is 4.74 Å². The molecule has 1 rings (SSSR count). The molecule has 0 aromatic rings. The van der Waals surface area contributed by atoms with Gasteiger partial charge >= 0.3 is 0 Å². The number of piperazine rings is 1. The van der Waals surface area contributed by atoms with E-state index in [0.29, 0.717) is 12.6 Å². The summed E-state index contributed by atoms with van der Waals surface area (Å²) in [5.74, 6) is 0.848. The van der Waals surface area contributed by atoms with E-state index in [0.717, 1.165) is 45.3 Å². The summed E-state index contributed by atoms with van der Waals surface area (Å²) in [4.78, 5) is 9.00. The Balaban J connectivity index is 2.24. The molecule has 2 N–H and O–H groups in total. The lowest BCUT2D eigenvalue weighted by molar-refractivity contribution is 0.116. The normalized spacial score (nSPS) is 22.5. The first kappa shape index (κ1) is 16.2. The maximum Gasteiger partial charge on any atom is 0.191 e. The van der Waals surface area contributed by atoms with Gasteiger partial charge in [0.25, 0.3) is 0 Å². The predicted octanol–water partition coefficient (Wildman–Crippen LogP) is -0.566. The van der Waals surface area contributed by atoms with E-state index < -0.39 is 0 Å². The molecule has 1 unspecified atom stereocenters. The molecule has 1 fully saturated rings.